The van der Waals surface area contributed by atoms with Gasteiger partial charge in [0.05, 0.1) is 19.8 Å². The normalized spacial score (nSPS) is 7.45. The number of rotatable bonds is 4. The first-order valence-corrected chi connectivity index (χ1v) is 4.13. The van der Waals surface area contributed by atoms with Crippen LogP contribution in [0, 0.1) is 0 Å². The van der Waals surface area contributed by atoms with Crippen molar-refractivity contribution in [2.75, 3.05) is 19.8 Å². The average Bonchev–Trinajstić information content (AvgIpc) is 2.01. The molecule has 0 rings (SSSR count). The van der Waals surface area contributed by atoms with E-state index in [1.54, 1.807) is 0 Å². The molecule has 0 aromatic carbocycles. The highest BCUT2D eigenvalue weighted by Gasteiger charge is 1.98. The van der Waals surface area contributed by atoms with Crippen LogP contribution in [0.5, 0.6) is 0 Å². The van der Waals surface area contributed by atoms with Crippen molar-refractivity contribution in [3.05, 3.63) is 12.7 Å². The molecule has 0 heterocycles. The van der Waals surface area contributed by atoms with E-state index in [9.17, 15) is 4.46 Å². The van der Waals surface area contributed by atoms with Gasteiger partial charge in [0.15, 0.2) is 0 Å². The summed E-state index contributed by atoms with van der Waals surface area (Å²) in [5, 5.41) is 15.2. The summed E-state index contributed by atoms with van der Waals surface area (Å²) in [5.41, 5.74) is 0. The predicted molar refractivity (Wildman–Crippen MR) is 39.0 cm³/mol. The summed E-state index contributed by atoms with van der Waals surface area (Å²) in [6.07, 6.45) is 1.42. The third-order valence-corrected chi connectivity index (χ3v) is 0.838. The van der Waals surface area contributed by atoms with Crippen molar-refractivity contribution in [2.24, 2.45) is 0 Å². The van der Waals surface area contributed by atoms with E-state index in [1.165, 1.54) is 6.08 Å². The molecule has 11 heavy (non-hydrogen) atoms. The number of aliphatic hydroxyl groups is 2. The van der Waals surface area contributed by atoms with Crippen LogP contribution in [0.4, 0.5) is 0 Å². The van der Waals surface area contributed by atoms with Crippen molar-refractivity contribution in [3.63, 3.8) is 0 Å². The van der Waals surface area contributed by atoms with Crippen molar-refractivity contribution in [1.82, 2.24) is 0 Å². The van der Waals surface area contributed by atoms with Gasteiger partial charge in [-0.3, -0.25) is 4.46 Å². The molecule has 0 aliphatic heterocycles. The average molecular weight is 180 g/mol. The minimum absolute atomic E-state index is 0.125. The van der Waals surface area contributed by atoms with Gasteiger partial charge < -0.3 is 19.4 Å². The van der Waals surface area contributed by atoms with Crippen LogP contribution in [0.25, 0.3) is 0 Å². The first-order chi connectivity index (χ1) is 5.18. The summed E-state index contributed by atoms with van der Waals surface area (Å²) in [4.78, 5) is 7.96. The van der Waals surface area contributed by atoms with Crippen LogP contribution in [-0.2, 0) is 8.89 Å². The van der Waals surface area contributed by atoms with Gasteiger partial charge in [-0.1, -0.05) is 12.7 Å². The van der Waals surface area contributed by atoms with Crippen LogP contribution in [0.1, 0.15) is 0 Å². The number of aliphatic hydroxyl groups excluding tert-OH is 2. The molecular formula is C5H12O5Si. The van der Waals surface area contributed by atoms with E-state index in [0.29, 0.717) is 0 Å². The van der Waals surface area contributed by atoms with Crippen LogP contribution < -0.4 is 0 Å². The third kappa shape index (κ3) is 26.9. The Bertz CT molecular complexity index is 103. The molecule has 0 unspecified atom stereocenters. The van der Waals surface area contributed by atoms with E-state index < -0.39 is 9.17 Å². The maximum absolute atomic E-state index is 9.67. The zero-order valence-corrected chi connectivity index (χ0v) is 7.06. The Morgan fingerprint density at radius 2 is 1.91 bits per heavy atom. The monoisotopic (exact) mass is 180 g/mol. The van der Waals surface area contributed by atoms with E-state index in [0.717, 1.165) is 0 Å². The smallest absolute Gasteiger partial charge is 0.511 e. The molecule has 0 amide bonds. The van der Waals surface area contributed by atoms with Crippen molar-refractivity contribution < 1.29 is 23.9 Å². The fraction of sp³-hybridized carbons (Fsp3) is 0.600. The Kier molecular flexibility index (Phi) is 14.1. The van der Waals surface area contributed by atoms with Crippen molar-refractivity contribution >= 4 is 9.17 Å². The van der Waals surface area contributed by atoms with Gasteiger partial charge in [-0.05, 0) is 0 Å². The highest BCUT2D eigenvalue weighted by molar-refractivity contribution is 6.24. The van der Waals surface area contributed by atoms with Crippen LogP contribution in [0.2, 0.25) is 0 Å². The minimum atomic E-state index is -2.72. The molecule has 0 aromatic heterocycles. The number of hydrogen-bond donors (Lipinski definition) is 3. The molecule has 0 aromatic rings. The second kappa shape index (κ2) is 12.0. The Labute approximate surface area is 66.5 Å². The summed E-state index contributed by atoms with van der Waals surface area (Å²) in [7, 11) is -2.72. The van der Waals surface area contributed by atoms with Gasteiger partial charge in [0.1, 0.15) is 0 Å². The zero-order chi connectivity index (χ0) is 9.11. The summed E-state index contributed by atoms with van der Waals surface area (Å²) in [6, 6.07) is 0. The lowest BCUT2D eigenvalue weighted by Gasteiger charge is -1.88. The quantitative estimate of drug-likeness (QED) is 0.364. The van der Waals surface area contributed by atoms with Gasteiger partial charge in [-0.15, -0.1) is 0 Å². The van der Waals surface area contributed by atoms with Gasteiger partial charge in [0, 0.05) is 0 Å². The van der Waals surface area contributed by atoms with E-state index >= 15 is 0 Å². The van der Waals surface area contributed by atoms with E-state index in [4.69, 9.17) is 15.0 Å². The second-order valence-electron chi connectivity index (χ2n) is 1.31. The van der Waals surface area contributed by atoms with Crippen LogP contribution in [0.15, 0.2) is 12.7 Å². The van der Waals surface area contributed by atoms with E-state index in [1.807, 2.05) is 0 Å². The predicted octanol–water partition coefficient (Wildman–Crippen LogP) is -1.43. The lowest BCUT2D eigenvalue weighted by molar-refractivity contribution is 0.186. The largest absolute Gasteiger partial charge is 0.764 e. The summed E-state index contributed by atoms with van der Waals surface area (Å²) < 4.78 is 13.8. The summed E-state index contributed by atoms with van der Waals surface area (Å²) in [6.45, 7) is 3.17. The molecule has 0 spiro atoms. The van der Waals surface area contributed by atoms with Crippen molar-refractivity contribution in [3.8, 4) is 0 Å². The third-order valence-electron chi connectivity index (χ3n) is 0.425. The Balaban J connectivity index is 0. The summed E-state index contributed by atoms with van der Waals surface area (Å²) >= 11 is 0. The maximum atomic E-state index is 9.67. The Morgan fingerprint density at radius 1 is 1.45 bits per heavy atom. The highest BCUT2D eigenvalue weighted by atomic mass is 28.3. The van der Waals surface area contributed by atoms with Crippen LogP contribution >= 0.6 is 0 Å². The first kappa shape index (κ1) is 12.9. The SMILES string of the molecule is C=CCO[Si](=O)O.OCCO. The van der Waals surface area contributed by atoms with Gasteiger partial charge in [0.25, 0.3) is 0 Å². The highest BCUT2D eigenvalue weighted by Crippen LogP contribution is 1.68. The van der Waals surface area contributed by atoms with Crippen LogP contribution in [-0.4, -0.2) is 44.0 Å². The Morgan fingerprint density at radius 3 is 2.00 bits per heavy atom. The molecule has 0 saturated heterocycles. The summed E-state index contributed by atoms with van der Waals surface area (Å²) in [5.74, 6) is 0. The molecule has 3 N–H and O–H groups in total. The maximum Gasteiger partial charge on any atom is 0.764 e. The molecule has 66 valence electrons. The first-order valence-electron chi connectivity index (χ1n) is 2.87. The van der Waals surface area contributed by atoms with Gasteiger partial charge in [-0.2, -0.15) is 0 Å². The fourth-order valence-electron chi connectivity index (χ4n) is 0.130. The van der Waals surface area contributed by atoms with Crippen molar-refractivity contribution in [2.45, 2.75) is 0 Å². The van der Waals surface area contributed by atoms with E-state index in [2.05, 4.69) is 11.0 Å². The molecule has 0 aliphatic carbocycles. The topological polar surface area (TPSA) is 87.0 Å². The molecule has 6 heteroatoms. The van der Waals surface area contributed by atoms with Gasteiger partial charge in [-0.25, -0.2) is 0 Å². The molecule has 0 atom stereocenters. The minimum Gasteiger partial charge on any atom is -0.511 e. The molecule has 0 fully saturated rings. The van der Waals surface area contributed by atoms with Gasteiger partial charge >= 0.3 is 9.17 Å². The standard InChI is InChI=1S/C3H6O3Si.C2H6O2/c1-2-3-6-7(4)5;3-1-2-4/h2,4H,1,3H2;3-4H,1-2H2. The molecular weight excluding hydrogens is 168 g/mol. The molecule has 0 radical (unpaired) electrons. The van der Waals surface area contributed by atoms with Crippen LogP contribution in [0.3, 0.4) is 0 Å². The Hall–Kier alpha value is -0.723. The number of hydrogen-bond acceptors (Lipinski definition) is 4. The zero-order valence-electron chi connectivity index (χ0n) is 6.06. The van der Waals surface area contributed by atoms with Crippen molar-refractivity contribution in [1.29, 1.82) is 0 Å². The molecule has 0 saturated carbocycles. The fourth-order valence-corrected chi connectivity index (χ4v) is 0.391. The molecule has 0 aliphatic rings. The second-order valence-corrected chi connectivity index (χ2v) is 2.13. The van der Waals surface area contributed by atoms with E-state index in [-0.39, 0.29) is 19.8 Å². The lowest BCUT2D eigenvalue weighted by atomic mass is 10.7. The lowest BCUT2D eigenvalue weighted by Crippen LogP contribution is -2.04. The molecule has 0 bridgehead atoms. The van der Waals surface area contributed by atoms with Gasteiger partial charge in [0.2, 0.25) is 0 Å². The molecule has 5 nitrogen and oxygen atoms in total.